The second kappa shape index (κ2) is 7.82. The van der Waals surface area contributed by atoms with Crippen LogP contribution in [-0.4, -0.2) is 15.9 Å². The molecule has 0 saturated heterocycles. The van der Waals surface area contributed by atoms with Gasteiger partial charge in [0.1, 0.15) is 11.6 Å². The molecule has 5 nitrogen and oxygen atoms in total. The highest BCUT2D eigenvalue weighted by Crippen LogP contribution is 2.48. The largest absolute Gasteiger partial charge is 0.465 e. The van der Waals surface area contributed by atoms with Gasteiger partial charge >= 0.3 is 0 Å². The zero-order valence-electron chi connectivity index (χ0n) is 16.2. The van der Waals surface area contributed by atoms with Gasteiger partial charge in [-0.15, -0.1) is 0 Å². The van der Waals surface area contributed by atoms with E-state index in [0.717, 1.165) is 6.20 Å². The van der Waals surface area contributed by atoms with E-state index in [0.29, 0.717) is 42.8 Å². The number of nitrogens with zero attached hydrogens (tertiary/aromatic N) is 2. The van der Waals surface area contributed by atoms with E-state index in [1.807, 2.05) is 6.07 Å². The molecule has 1 saturated carbocycles. The number of rotatable bonds is 5. The lowest BCUT2D eigenvalue weighted by atomic mass is 9.64. The molecule has 1 aromatic carbocycles. The van der Waals surface area contributed by atoms with Gasteiger partial charge in [0.05, 0.1) is 17.3 Å². The van der Waals surface area contributed by atoms with Crippen LogP contribution in [-0.2, 0) is 15.8 Å². The molecule has 1 amide bonds. The first kappa shape index (κ1) is 19.9. The molecule has 0 spiro atoms. The van der Waals surface area contributed by atoms with Crippen molar-refractivity contribution >= 4 is 5.91 Å². The molecule has 30 heavy (non-hydrogen) atoms. The number of hydrogen-bond donors (Lipinski definition) is 1. The molecule has 2 N–H and O–H groups in total. The van der Waals surface area contributed by atoms with Crippen molar-refractivity contribution < 1.29 is 18.3 Å². The first-order chi connectivity index (χ1) is 14.4. The number of hydrogen-bond acceptors (Lipinski definition) is 4. The van der Waals surface area contributed by atoms with Crippen molar-refractivity contribution in [3.63, 3.8) is 0 Å². The SMILES string of the molecule is NC(=O)C1(c2ccc(F)cc2)CCC(Oc2ccccn2)(c2ccc(F)cn2)CC1. The third-order valence-electron chi connectivity index (χ3n) is 5.91. The van der Waals surface area contributed by atoms with Crippen molar-refractivity contribution in [2.75, 3.05) is 0 Å². The van der Waals surface area contributed by atoms with Crippen LogP contribution in [0.25, 0.3) is 0 Å². The summed E-state index contributed by atoms with van der Waals surface area (Å²) in [5.74, 6) is -0.873. The van der Waals surface area contributed by atoms with Crippen molar-refractivity contribution in [3.05, 3.63) is 89.9 Å². The molecule has 3 aromatic rings. The highest BCUT2D eigenvalue weighted by Gasteiger charge is 2.50. The third kappa shape index (κ3) is 3.63. The van der Waals surface area contributed by atoms with E-state index >= 15 is 0 Å². The monoisotopic (exact) mass is 409 g/mol. The van der Waals surface area contributed by atoms with Gasteiger partial charge < -0.3 is 10.5 Å². The quantitative estimate of drug-likeness (QED) is 0.690. The number of benzene rings is 1. The normalized spacial score (nSPS) is 23.7. The van der Waals surface area contributed by atoms with Gasteiger partial charge in [-0.3, -0.25) is 9.78 Å². The first-order valence-corrected chi connectivity index (χ1v) is 9.72. The molecule has 1 aliphatic rings. The Bertz CT molecular complexity index is 1020. The van der Waals surface area contributed by atoms with Crippen molar-refractivity contribution in [3.8, 4) is 5.88 Å². The molecule has 0 unspecified atom stereocenters. The summed E-state index contributed by atoms with van der Waals surface area (Å²) in [6, 6.07) is 14.1. The summed E-state index contributed by atoms with van der Waals surface area (Å²) in [5, 5.41) is 0. The molecule has 0 aliphatic heterocycles. The first-order valence-electron chi connectivity index (χ1n) is 9.72. The number of amides is 1. The van der Waals surface area contributed by atoms with Gasteiger partial charge in [0.15, 0.2) is 5.60 Å². The minimum Gasteiger partial charge on any atom is -0.465 e. The van der Waals surface area contributed by atoms with E-state index in [-0.39, 0.29) is 5.82 Å². The lowest BCUT2D eigenvalue weighted by molar-refractivity contribution is -0.127. The molecule has 0 radical (unpaired) electrons. The minimum absolute atomic E-state index is 0.375. The predicted molar refractivity (Wildman–Crippen MR) is 106 cm³/mol. The van der Waals surface area contributed by atoms with Crippen LogP contribution in [0.5, 0.6) is 5.88 Å². The highest BCUT2D eigenvalue weighted by molar-refractivity contribution is 5.87. The van der Waals surface area contributed by atoms with Crippen LogP contribution in [0.2, 0.25) is 0 Å². The Morgan fingerprint density at radius 1 is 0.900 bits per heavy atom. The molecule has 154 valence electrons. The van der Waals surface area contributed by atoms with Gasteiger partial charge in [-0.2, -0.15) is 0 Å². The Morgan fingerprint density at radius 3 is 2.17 bits per heavy atom. The fourth-order valence-corrected chi connectivity index (χ4v) is 4.19. The molecule has 4 rings (SSSR count). The molecular weight excluding hydrogens is 388 g/mol. The van der Waals surface area contributed by atoms with Gasteiger partial charge in [-0.1, -0.05) is 18.2 Å². The Balaban J connectivity index is 1.70. The topological polar surface area (TPSA) is 78.1 Å². The summed E-state index contributed by atoms with van der Waals surface area (Å²) >= 11 is 0. The maximum atomic E-state index is 13.5. The van der Waals surface area contributed by atoms with Crippen molar-refractivity contribution in [2.45, 2.75) is 36.7 Å². The number of carbonyl (C=O) groups is 1. The van der Waals surface area contributed by atoms with Crippen LogP contribution in [0, 0.1) is 11.6 Å². The number of halogens is 2. The third-order valence-corrected chi connectivity index (χ3v) is 5.91. The summed E-state index contributed by atoms with van der Waals surface area (Å²) < 4.78 is 33.2. The zero-order valence-corrected chi connectivity index (χ0v) is 16.2. The van der Waals surface area contributed by atoms with Gasteiger partial charge in [-0.25, -0.2) is 13.8 Å². The number of pyridine rings is 2. The number of nitrogens with two attached hydrogens (primary N) is 1. The summed E-state index contributed by atoms with van der Waals surface area (Å²) in [7, 11) is 0. The van der Waals surface area contributed by atoms with E-state index in [9.17, 15) is 13.6 Å². The zero-order chi connectivity index (χ0) is 21.2. The van der Waals surface area contributed by atoms with Crippen molar-refractivity contribution in [1.29, 1.82) is 0 Å². The van der Waals surface area contributed by atoms with E-state index in [2.05, 4.69) is 9.97 Å². The van der Waals surface area contributed by atoms with E-state index in [1.165, 1.54) is 18.2 Å². The van der Waals surface area contributed by atoms with E-state index < -0.39 is 22.7 Å². The average Bonchev–Trinajstić information content (AvgIpc) is 2.76. The smallest absolute Gasteiger partial charge is 0.228 e. The number of ether oxygens (including phenoxy) is 1. The maximum Gasteiger partial charge on any atom is 0.228 e. The molecule has 7 heteroatoms. The minimum atomic E-state index is -0.940. The lowest BCUT2D eigenvalue weighted by Crippen LogP contribution is -2.49. The van der Waals surface area contributed by atoms with Gasteiger partial charge in [-0.05, 0) is 61.6 Å². The van der Waals surface area contributed by atoms with E-state index in [1.54, 1.807) is 36.5 Å². The van der Waals surface area contributed by atoms with Crippen LogP contribution >= 0.6 is 0 Å². The van der Waals surface area contributed by atoms with E-state index in [4.69, 9.17) is 10.5 Å². The average molecular weight is 409 g/mol. The molecule has 1 aliphatic carbocycles. The summed E-state index contributed by atoms with van der Waals surface area (Å²) in [6.45, 7) is 0. The number of carbonyl (C=O) groups excluding carboxylic acids is 1. The summed E-state index contributed by atoms with van der Waals surface area (Å²) in [4.78, 5) is 21.0. The van der Waals surface area contributed by atoms with Crippen LogP contribution in [0.15, 0.2) is 67.0 Å². The molecule has 1 fully saturated rings. The predicted octanol–water partition coefficient (Wildman–Crippen LogP) is 4.03. The van der Waals surface area contributed by atoms with Crippen LogP contribution < -0.4 is 10.5 Å². The maximum absolute atomic E-state index is 13.5. The summed E-state index contributed by atoms with van der Waals surface area (Å²) in [5.41, 5.74) is 5.23. The van der Waals surface area contributed by atoms with Crippen LogP contribution in [0.4, 0.5) is 8.78 Å². The van der Waals surface area contributed by atoms with Crippen LogP contribution in [0.1, 0.15) is 36.9 Å². The Hall–Kier alpha value is -3.35. The fourth-order valence-electron chi connectivity index (χ4n) is 4.19. The Morgan fingerprint density at radius 2 is 1.60 bits per heavy atom. The molecule has 0 bridgehead atoms. The molecule has 2 aromatic heterocycles. The number of aromatic nitrogens is 2. The summed E-state index contributed by atoms with van der Waals surface area (Å²) in [6.07, 6.45) is 4.33. The van der Waals surface area contributed by atoms with Gasteiger partial charge in [0, 0.05) is 12.3 Å². The van der Waals surface area contributed by atoms with Gasteiger partial charge in [0.2, 0.25) is 11.8 Å². The van der Waals surface area contributed by atoms with Gasteiger partial charge in [0.25, 0.3) is 0 Å². The standard InChI is InChI=1S/C23H21F2N3O2/c24-17-6-4-16(5-7-17)22(21(26)29)10-12-23(13-11-22,19-9-8-18(25)15-28-19)30-20-3-1-2-14-27-20/h1-9,14-15H,10-13H2,(H2,26,29). The fraction of sp³-hybridized carbons (Fsp3) is 0.261. The number of primary amides is 1. The molecule has 2 heterocycles. The Labute approximate surface area is 172 Å². The highest BCUT2D eigenvalue weighted by atomic mass is 19.1. The van der Waals surface area contributed by atoms with Crippen molar-refractivity contribution in [2.24, 2.45) is 5.73 Å². The lowest BCUT2D eigenvalue weighted by Gasteiger charge is -2.44. The second-order valence-corrected chi connectivity index (χ2v) is 7.58. The Kier molecular flexibility index (Phi) is 5.20. The van der Waals surface area contributed by atoms with Crippen molar-refractivity contribution in [1.82, 2.24) is 9.97 Å². The molecule has 0 atom stereocenters. The molecular formula is C23H21F2N3O2. The van der Waals surface area contributed by atoms with Crippen LogP contribution in [0.3, 0.4) is 0 Å². The second-order valence-electron chi connectivity index (χ2n) is 7.58.